The molecule has 3 N–H and O–H groups in total. The molecular weight excluding hydrogens is 910 g/mol. The van der Waals surface area contributed by atoms with Crippen LogP contribution in [0.2, 0.25) is 0 Å². The fraction of sp³-hybridized carbons (Fsp3) is 0.917. The van der Waals surface area contributed by atoms with Crippen LogP contribution in [0.5, 0.6) is 0 Å². The van der Waals surface area contributed by atoms with Crippen molar-refractivity contribution in [1.29, 1.82) is 0 Å². The first-order valence-corrected chi connectivity index (χ1v) is 28.8. The number of phosphoric ester groups is 2. The van der Waals surface area contributed by atoms with E-state index in [-0.39, 0.29) is 25.7 Å². The van der Waals surface area contributed by atoms with Gasteiger partial charge in [0.15, 0.2) is 12.2 Å². The molecule has 0 bridgehead atoms. The largest absolute Gasteiger partial charge is 0.472 e. The Hall–Kier alpha value is -1.94. The van der Waals surface area contributed by atoms with Crippen LogP contribution in [0, 0.1) is 0 Å². The summed E-state index contributed by atoms with van der Waals surface area (Å²) in [6.07, 6.45) is 25.2. The van der Waals surface area contributed by atoms with Crippen LogP contribution in [0.1, 0.15) is 227 Å². The number of esters is 4. The fourth-order valence-corrected chi connectivity index (χ4v) is 8.42. The standard InChI is InChI=1S/C48H92O17P2/c1-5-9-12-14-16-18-19-20-21-22-23-24-26-28-31-35-48(53)65-44(39-59-46(51)34-30-27-25-17-15-13-10-6-2)41-63-67(56,57)61-37-42(49)36-60-66(54,55)62-40-43(64-47(52)32-8-4)38-58-45(50)33-29-11-7-3/h42-44,49H,5-41H2,1-4H3,(H,54,55)(H,56,57)/t42-,43+,44+/m0/s1. The quantitative estimate of drug-likeness (QED) is 0.0222. The van der Waals surface area contributed by atoms with Crippen LogP contribution in [0.15, 0.2) is 0 Å². The van der Waals surface area contributed by atoms with Crippen molar-refractivity contribution in [1.82, 2.24) is 0 Å². The zero-order chi connectivity index (χ0) is 49.9. The first kappa shape index (κ1) is 65.1. The Labute approximate surface area is 403 Å². The maximum atomic E-state index is 12.8. The van der Waals surface area contributed by atoms with Crippen molar-refractivity contribution in [2.24, 2.45) is 0 Å². The molecule has 0 spiro atoms. The smallest absolute Gasteiger partial charge is 0.462 e. The molecule has 0 aliphatic carbocycles. The van der Waals surface area contributed by atoms with Crippen LogP contribution < -0.4 is 0 Å². The maximum absolute atomic E-state index is 12.8. The van der Waals surface area contributed by atoms with Gasteiger partial charge < -0.3 is 33.8 Å². The van der Waals surface area contributed by atoms with Crippen molar-refractivity contribution in [3.63, 3.8) is 0 Å². The molecule has 67 heavy (non-hydrogen) atoms. The van der Waals surface area contributed by atoms with Crippen molar-refractivity contribution in [3.05, 3.63) is 0 Å². The summed E-state index contributed by atoms with van der Waals surface area (Å²) in [7, 11) is -9.81. The van der Waals surface area contributed by atoms with Gasteiger partial charge in [-0.25, -0.2) is 9.13 Å². The lowest BCUT2D eigenvalue weighted by atomic mass is 10.0. The number of phosphoric acid groups is 2. The third-order valence-electron chi connectivity index (χ3n) is 10.8. The number of carbonyl (C=O) groups excluding carboxylic acids is 4. The van der Waals surface area contributed by atoms with Gasteiger partial charge in [-0.15, -0.1) is 0 Å². The lowest BCUT2D eigenvalue weighted by Crippen LogP contribution is -2.30. The molecule has 0 aliphatic rings. The normalized spacial score (nSPS) is 14.7. The van der Waals surface area contributed by atoms with Gasteiger partial charge in [-0.05, 0) is 25.7 Å². The summed E-state index contributed by atoms with van der Waals surface area (Å²) >= 11 is 0. The monoisotopic (exact) mass is 1000 g/mol. The van der Waals surface area contributed by atoms with Crippen LogP contribution in [0.4, 0.5) is 0 Å². The Bertz CT molecular complexity index is 1340. The Balaban J connectivity index is 4.97. The summed E-state index contributed by atoms with van der Waals surface area (Å²) in [4.78, 5) is 70.0. The molecule has 0 aromatic heterocycles. The van der Waals surface area contributed by atoms with Crippen LogP contribution in [-0.2, 0) is 65.4 Å². The van der Waals surface area contributed by atoms with E-state index >= 15 is 0 Å². The van der Waals surface area contributed by atoms with Gasteiger partial charge in [0.05, 0.1) is 26.4 Å². The number of unbranched alkanes of at least 4 members (excludes halogenated alkanes) is 23. The lowest BCUT2D eigenvalue weighted by Gasteiger charge is -2.21. The summed E-state index contributed by atoms with van der Waals surface area (Å²) in [6.45, 7) is 4.15. The van der Waals surface area contributed by atoms with Crippen molar-refractivity contribution < 1.29 is 80.2 Å². The molecule has 0 saturated carbocycles. The molecule has 0 aromatic rings. The zero-order valence-electron chi connectivity index (χ0n) is 41.8. The fourth-order valence-electron chi connectivity index (χ4n) is 6.84. The minimum atomic E-state index is -4.92. The van der Waals surface area contributed by atoms with Crippen LogP contribution >= 0.6 is 15.6 Å². The molecule has 396 valence electrons. The van der Waals surface area contributed by atoms with E-state index in [9.17, 15) is 43.2 Å². The van der Waals surface area contributed by atoms with Crippen molar-refractivity contribution >= 4 is 39.5 Å². The number of aliphatic hydroxyl groups is 1. The van der Waals surface area contributed by atoms with E-state index in [2.05, 4.69) is 13.8 Å². The van der Waals surface area contributed by atoms with E-state index < -0.39 is 97.5 Å². The Morgan fingerprint density at radius 2 is 0.627 bits per heavy atom. The number of aliphatic hydroxyl groups excluding tert-OH is 1. The predicted molar refractivity (Wildman–Crippen MR) is 257 cm³/mol. The van der Waals surface area contributed by atoms with E-state index in [0.717, 1.165) is 64.2 Å². The number of carbonyl (C=O) groups is 4. The zero-order valence-corrected chi connectivity index (χ0v) is 43.6. The number of ether oxygens (including phenoxy) is 4. The number of hydrogen-bond acceptors (Lipinski definition) is 15. The highest BCUT2D eigenvalue weighted by Gasteiger charge is 2.30. The first-order chi connectivity index (χ1) is 32.2. The molecule has 19 heteroatoms. The Morgan fingerprint density at radius 1 is 0.358 bits per heavy atom. The highest BCUT2D eigenvalue weighted by atomic mass is 31.2. The van der Waals surface area contributed by atoms with E-state index in [0.29, 0.717) is 25.7 Å². The molecular formula is C48H92O17P2. The number of hydrogen-bond donors (Lipinski definition) is 3. The molecule has 0 amide bonds. The third kappa shape index (κ3) is 43.8. The summed E-state index contributed by atoms with van der Waals surface area (Å²) in [5, 5.41) is 10.3. The SMILES string of the molecule is CCCCCCCCCCCCCCCCCC(=O)O[C@H](COC(=O)CCCCCCCCCC)COP(=O)(O)OC[C@@H](O)COP(=O)(O)OC[C@@H](COC(=O)CCCCC)OC(=O)CCC. The van der Waals surface area contributed by atoms with Crippen molar-refractivity contribution in [3.8, 4) is 0 Å². The molecule has 0 saturated heterocycles. The van der Waals surface area contributed by atoms with Gasteiger partial charge in [0.1, 0.15) is 19.3 Å². The van der Waals surface area contributed by atoms with Crippen molar-refractivity contribution in [2.45, 2.75) is 245 Å². The first-order valence-electron chi connectivity index (χ1n) is 25.8. The third-order valence-corrected chi connectivity index (χ3v) is 12.7. The molecule has 2 unspecified atom stereocenters. The maximum Gasteiger partial charge on any atom is 0.472 e. The van der Waals surface area contributed by atoms with Gasteiger partial charge >= 0.3 is 39.5 Å². The average Bonchev–Trinajstić information content (AvgIpc) is 3.29. The van der Waals surface area contributed by atoms with Gasteiger partial charge in [-0.2, -0.15) is 0 Å². The average molecular weight is 1000 g/mol. The summed E-state index contributed by atoms with van der Waals surface area (Å²) < 4.78 is 66.2. The second-order valence-corrected chi connectivity index (χ2v) is 20.4. The van der Waals surface area contributed by atoms with Gasteiger partial charge in [0, 0.05) is 25.7 Å². The van der Waals surface area contributed by atoms with Crippen molar-refractivity contribution in [2.75, 3.05) is 39.6 Å². The molecule has 17 nitrogen and oxygen atoms in total. The molecule has 0 heterocycles. The van der Waals surface area contributed by atoms with Crippen LogP contribution in [0.3, 0.4) is 0 Å². The van der Waals surface area contributed by atoms with Gasteiger partial charge in [-0.1, -0.05) is 175 Å². The van der Waals surface area contributed by atoms with Crippen LogP contribution in [-0.4, -0.2) is 96.7 Å². The molecule has 0 radical (unpaired) electrons. The Morgan fingerprint density at radius 3 is 0.970 bits per heavy atom. The summed E-state index contributed by atoms with van der Waals surface area (Å²) in [5.74, 6) is -2.24. The molecule has 0 fully saturated rings. The predicted octanol–water partition coefficient (Wildman–Crippen LogP) is 11.7. The van der Waals surface area contributed by atoms with Gasteiger partial charge in [0.25, 0.3) is 0 Å². The molecule has 0 aromatic carbocycles. The van der Waals surface area contributed by atoms with E-state index in [1.54, 1.807) is 6.92 Å². The van der Waals surface area contributed by atoms with E-state index in [4.69, 9.17) is 37.0 Å². The molecule has 0 aliphatic heterocycles. The minimum absolute atomic E-state index is 0.0527. The highest BCUT2D eigenvalue weighted by molar-refractivity contribution is 7.47. The van der Waals surface area contributed by atoms with Crippen LogP contribution in [0.25, 0.3) is 0 Å². The Kier molecular flexibility index (Phi) is 42.8. The second-order valence-electron chi connectivity index (χ2n) is 17.5. The van der Waals surface area contributed by atoms with Gasteiger partial charge in [0.2, 0.25) is 0 Å². The second kappa shape index (κ2) is 44.0. The van der Waals surface area contributed by atoms with E-state index in [1.165, 1.54) is 83.5 Å². The molecule has 5 atom stereocenters. The minimum Gasteiger partial charge on any atom is -0.462 e. The molecule has 0 rings (SSSR count). The number of rotatable bonds is 49. The summed E-state index contributed by atoms with van der Waals surface area (Å²) in [5.41, 5.74) is 0. The van der Waals surface area contributed by atoms with E-state index in [1.807, 2.05) is 6.92 Å². The lowest BCUT2D eigenvalue weighted by molar-refractivity contribution is -0.161. The highest BCUT2D eigenvalue weighted by Crippen LogP contribution is 2.45. The topological polar surface area (TPSA) is 237 Å². The summed E-state index contributed by atoms with van der Waals surface area (Å²) in [6, 6.07) is 0. The van der Waals surface area contributed by atoms with Gasteiger partial charge in [-0.3, -0.25) is 37.3 Å².